The first kappa shape index (κ1) is 17.6. The van der Waals surface area contributed by atoms with Crippen LogP contribution >= 0.6 is 11.6 Å². The lowest BCUT2D eigenvalue weighted by atomic mass is 10.1. The molecule has 0 bridgehead atoms. The molecule has 1 saturated heterocycles. The maximum absolute atomic E-state index is 13.0. The van der Waals surface area contributed by atoms with E-state index in [4.69, 9.17) is 21.1 Å². The molecule has 138 valence electrons. The van der Waals surface area contributed by atoms with Crippen molar-refractivity contribution >= 4 is 21.6 Å². The van der Waals surface area contributed by atoms with E-state index in [0.29, 0.717) is 35.4 Å². The highest BCUT2D eigenvalue weighted by molar-refractivity contribution is 7.89. The van der Waals surface area contributed by atoms with Crippen molar-refractivity contribution in [3.05, 3.63) is 47.2 Å². The number of halogens is 1. The van der Waals surface area contributed by atoms with Crippen LogP contribution in [0.3, 0.4) is 0 Å². The predicted molar refractivity (Wildman–Crippen MR) is 97.3 cm³/mol. The van der Waals surface area contributed by atoms with Crippen molar-refractivity contribution in [2.75, 3.05) is 19.7 Å². The molecule has 0 aliphatic carbocycles. The van der Waals surface area contributed by atoms with Gasteiger partial charge >= 0.3 is 0 Å². The lowest BCUT2D eigenvalue weighted by Gasteiger charge is -2.32. The monoisotopic (exact) mass is 394 g/mol. The van der Waals surface area contributed by atoms with Crippen LogP contribution in [0.15, 0.2) is 41.6 Å². The number of pyridine rings is 1. The number of rotatable bonds is 4. The van der Waals surface area contributed by atoms with Gasteiger partial charge in [-0.15, -0.1) is 0 Å². The summed E-state index contributed by atoms with van der Waals surface area (Å²) in [7, 11) is -3.57. The van der Waals surface area contributed by atoms with Crippen molar-refractivity contribution in [2.24, 2.45) is 0 Å². The molecule has 0 saturated carbocycles. The summed E-state index contributed by atoms with van der Waals surface area (Å²) < 4.78 is 39.0. The predicted octanol–water partition coefficient (Wildman–Crippen LogP) is 2.90. The Bertz CT molecular complexity index is 919. The van der Waals surface area contributed by atoms with Crippen molar-refractivity contribution in [1.29, 1.82) is 0 Å². The molecule has 2 aliphatic rings. The first-order valence-electron chi connectivity index (χ1n) is 8.56. The second-order valence-corrected chi connectivity index (χ2v) is 8.76. The fourth-order valence-corrected chi connectivity index (χ4v) is 5.05. The Morgan fingerprint density at radius 3 is 3.04 bits per heavy atom. The van der Waals surface area contributed by atoms with Crippen molar-refractivity contribution in [3.63, 3.8) is 0 Å². The maximum atomic E-state index is 13.0. The van der Waals surface area contributed by atoms with Gasteiger partial charge in [-0.2, -0.15) is 4.31 Å². The van der Waals surface area contributed by atoms with Crippen LogP contribution in [0, 0.1) is 0 Å². The van der Waals surface area contributed by atoms with Gasteiger partial charge in [0.1, 0.15) is 22.6 Å². The number of fused-ring (bicyclic) bond motifs is 1. The Labute approximate surface area is 157 Å². The molecule has 0 N–H and O–H groups in total. The Morgan fingerprint density at radius 1 is 1.31 bits per heavy atom. The van der Waals surface area contributed by atoms with E-state index in [1.54, 1.807) is 30.5 Å². The largest absolute Gasteiger partial charge is 0.493 e. The number of ether oxygens (including phenoxy) is 2. The van der Waals surface area contributed by atoms with Crippen LogP contribution in [0.5, 0.6) is 11.5 Å². The molecular formula is C18H19ClN2O4S. The van der Waals surface area contributed by atoms with Crippen molar-refractivity contribution in [1.82, 2.24) is 9.29 Å². The van der Waals surface area contributed by atoms with Gasteiger partial charge in [0.05, 0.1) is 18.0 Å². The van der Waals surface area contributed by atoms with E-state index in [1.165, 1.54) is 10.5 Å². The molecule has 26 heavy (non-hydrogen) atoms. The highest BCUT2D eigenvalue weighted by Gasteiger charge is 2.32. The summed E-state index contributed by atoms with van der Waals surface area (Å²) in [6.45, 7) is 1.39. The smallest absolute Gasteiger partial charge is 0.243 e. The molecule has 1 aromatic carbocycles. The molecular weight excluding hydrogens is 376 g/mol. The molecule has 2 aromatic rings. The van der Waals surface area contributed by atoms with Crippen LogP contribution in [0.2, 0.25) is 5.02 Å². The number of piperidine rings is 1. The maximum Gasteiger partial charge on any atom is 0.243 e. The molecule has 6 nitrogen and oxygen atoms in total. The van der Waals surface area contributed by atoms with E-state index in [-0.39, 0.29) is 6.10 Å². The molecule has 3 heterocycles. The van der Waals surface area contributed by atoms with E-state index in [0.717, 1.165) is 30.6 Å². The van der Waals surface area contributed by atoms with Crippen LogP contribution in [0.1, 0.15) is 18.4 Å². The number of benzene rings is 1. The third-order valence-electron chi connectivity index (χ3n) is 4.67. The van der Waals surface area contributed by atoms with Crippen molar-refractivity contribution in [2.45, 2.75) is 30.3 Å². The van der Waals surface area contributed by atoms with Crippen molar-refractivity contribution in [3.8, 4) is 11.5 Å². The zero-order valence-corrected chi connectivity index (χ0v) is 15.7. The Balaban J connectivity index is 1.52. The summed E-state index contributed by atoms with van der Waals surface area (Å²) in [6, 6.07) is 6.77. The number of aromatic nitrogens is 1. The van der Waals surface area contributed by atoms with E-state index in [2.05, 4.69) is 4.98 Å². The van der Waals surface area contributed by atoms with E-state index >= 15 is 0 Å². The third-order valence-corrected chi connectivity index (χ3v) is 6.81. The molecule has 1 aromatic heterocycles. The third kappa shape index (κ3) is 3.39. The lowest BCUT2D eigenvalue weighted by Crippen LogP contribution is -2.44. The molecule has 4 rings (SSSR count). The van der Waals surface area contributed by atoms with Gasteiger partial charge in [0.2, 0.25) is 10.0 Å². The first-order chi connectivity index (χ1) is 12.5. The molecule has 0 radical (unpaired) electrons. The SMILES string of the molecule is O=S(=O)(c1ccc2c(c1)CCO2)N1CCCC(Oc2ccncc2Cl)C1. The van der Waals surface area contributed by atoms with Gasteiger partial charge in [-0.1, -0.05) is 11.6 Å². The minimum atomic E-state index is -3.57. The van der Waals surface area contributed by atoms with Crippen LogP contribution in [0.25, 0.3) is 0 Å². The Morgan fingerprint density at radius 2 is 2.19 bits per heavy atom. The van der Waals surface area contributed by atoms with Crippen LogP contribution in [-0.4, -0.2) is 43.5 Å². The minimum absolute atomic E-state index is 0.240. The zero-order valence-electron chi connectivity index (χ0n) is 14.1. The molecule has 0 spiro atoms. The number of sulfonamides is 1. The molecule has 0 amide bonds. The summed E-state index contributed by atoms with van der Waals surface area (Å²) in [6.07, 6.45) is 5.14. The highest BCUT2D eigenvalue weighted by atomic mass is 35.5. The van der Waals surface area contributed by atoms with Crippen molar-refractivity contribution < 1.29 is 17.9 Å². The number of hydrogen-bond donors (Lipinski definition) is 0. The number of hydrogen-bond acceptors (Lipinski definition) is 5. The number of nitrogens with zero attached hydrogens (tertiary/aromatic N) is 2. The summed E-state index contributed by atoms with van der Waals surface area (Å²) in [5.74, 6) is 1.30. The Kier molecular flexibility index (Phi) is 4.77. The normalized spacial score (nSPS) is 20.4. The molecule has 1 atom stereocenters. The summed E-state index contributed by atoms with van der Waals surface area (Å²) in [5, 5.41) is 0.422. The van der Waals surface area contributed by atoms with Gasteiger partial charge < -0.3 is 9.47 Å². The standard InChI is InChI=1S/C18H19ClN2O4S/c19-16-11-20-7-5-18(16)25-14-2-1-8-21(12-14)26(22,23)15-3-4-17-13(10-15)6-9-24-17/h3-5,7,10-11,14H,1-2,6,8-9,12H2. The second-order valence-electron chi connectivity index (χ2n) is 6.42. The van der Waals surface area contributed by atoms with Gasteiger partial charge in [-0.3, -0.25) is 4.98 Å². The summed E-state index contributed by atoms with van der Waals surface area (Å²) >= 11 is 6.09. The molecule has 1 unspecified atom stereocenters. The van der Waals surface area contributed by atoms with E-state index in [9.17, 15) is 8.42 Å². The van der Waals surface area contributed by atoms with Crippen LogP contribution < -0.4 is 9.47 Å². The molecule has 8 heteroatoms. The highest BCUT2D eigenvalue weighted by Crippen LogP contribution is 2.31. The molecule has 1 fully saturated rings. The fourth-order valence-electron chi connectivity index (χ4n) is 3.33. The van der Waals surface area contributed by atoms with Gasteiger partial charge in [-0.25, -0.2) is 8.42 Å². The quantitative estimate of drug-likeness (QED) is 0.797. The van der Waals surface area contributed by atoms with E-state index in [1.807, 2.05) is 0 Å². The van der Waals surface area contributed by atoms with Gasteiger partial charge in [0.25, 0.3) is 0 Å². The van der Waals surface area contributed by atoms with Gasteiger partial charge in [0, 0.05) is 31.4 Å². The lowest BCUT2D eigenvalue weighted by molar-refractivity contribution is 0.130. The minimum Gasteiger partial charge on any atom is -0.493 e. The van der Waals surface area contributed by atoms with Crippen LogP contribution in [0.4, 0.5) is 0 Å². The van der Waals surface area contributed by atoms with Gasteiger partial charge in [-0.05, 0) is 36.6 Å². The topological polar surface area (TPSA) is 68.7 Å². The van der Waals surface area contributed by atoms with E-state index < -0.39 is 10.0 Å². The second kappa shape index (κ2) is 7.06. The average molecular weight is 395 g/mol. The Hall–Kier alpha value is -1.83. The zero-order chi connectivity index (χ0) is 18.1. The summed E-state index contributed by atoms with van der Waals surface area (Å²) in [4.78, 5) is 4.24. The van der Waals surface area contributed by atoms with Crippen LogP contribution in [-0.2, 0) is 16.4 Å². The first-order valence-corrected chi connectivity index (χ1v) is 10.4. The van der Waals surface area contributed by atoms with Gasteiger partial charge in [0.15, 0.2) is 0 Å². The fraction of sp³-hybridized carbons (Fsp3) is 0.389. The molecule has 2 aliphatic heterocycles. The average Bonchev–Trinajstić information content (AvgIpc) is 3.12. The summed E-state index contributed by atoms with van der Waals surface area (Å²) in [5.41, 5.74) is 0.944.